The van der Waals surface area contributed by atoms with Crippen LogP contribution in [0.5, 0.6) is 0 Å². The van der Waals surface area contributed by atoms with E-state index >= 15 is 0 Å². The van der Waals surface area contributed by atoms with Crippen LogP contribution >= 0.6 is 0 Å². The Kier molecular flexibility index (Phi) is 4.34. The fourth-order valence-electron chi connectivity index (χ4n) is 4.00. The lowest BCUT2D eigenvalue weighted by Crippen LogP contribution is -2.37. The Labute approximate surface area is 147 Å². The minimum Gasteiger partial charge on any atom is -0.441 e. The molecule has 0 aliphatic carbocycles. The summed E-state index contributed by atoms with van der Waals surface area (Å²) < 4.78 is 5.60. The zero-order chi connectivity index (χ0) is 18.4. The van der Waals surface area contributed by atoms with E-state index in [4.69, 9.17) is 4.74 Å². The van der Waals surface area contributed by atoms with Crippen LogP contribution in [0.15, 0.2) is 0 Å². The summed E-state index contributed by atoms with van der Waals surface area (Å²) in [6, 6.07) is 0. The molecule has 136 valence electrons. The van der Waals surface area contributed by atoms with Crippen molar-refractivity contribution in [3.05, 3.63) is 22.5 Å². The predicted molar refractivity (Wildman–Crippen MR) is 91.9 cm³/mol. The molecule has 0 unspecified atom stereocenters. The molecule has 0 bridgehead atoms. The SMILES string of the molecule is CC(=O)c1[nH]c(C)c(C(=O)N2CCC[C@]3(CC2)CN(C)C(=O)O3)c1C. The number of carbonyl (C=O) groups excluding carboxylic acids is 3. The number of aromatic nitrogens is 1. The van der Waals surface area contributed by atoms with Gasteiger partial charge in [-0.05, 0) is 32.3 Å². The Hall–Kier alpha value is -2.31. The number of hydrogen-bond donors (Lipinski definition) is 1. The maximum Gasteiger partial charge on any atom is 0.410 e. The van der Waals surface area contributed by atoms with Gasteiger partial charge >= 0.3 is 6.09 Å². The summed E-state index contributed by atoms with van der Waals surface area (Å²) >= 11 is 0. The molecular weight excluding hydrogens is 322 g/mol. The summed E-state index contributed by atoms with van der Waals surface area (Å²) in [6.45, 7) is 6.86. The highest BCUT2D eigenvalue weighted by atomic mass is 16.6. The molecule has 3 heterocycles. The number of likely N-dealkylation sites (tertiary alicyclic amines) is 1. The molecule has 1 aromatic rings. The van der Waals surface area contributed by atoms with Crippen molar-refractivity contribution in [1.29, 1.82) is 0 Å². The number of hydrogen-bond acceptors (Lipinski definition) is 4. The molecule has 0 aromatic carbocycles. The highest BCUT2D eigenvalue weighted by Gasteiger charge is 2.45. The lowest BCUT2D eigenvalue weighted by atomic mass is 9.95. The van der Waals surface area contributed by atoms with Gasteiger partial charge < -0.3 is 19.5 Å². The van der Waals surface area contributed by atoms with E-state index in [1.165, 1.54) is 6.92 Å². The van der Waals surface area contributed by atoms with Crippen molar-refractivity contribution in [2.45, 2.75) is 45.6 Å². The van der Waals surface area contributed by atoms with Crippen molar-refractivity contribution in [2.75, 3.05) is 26.7 Å². The summed E-state index contributed by atoms with van der Waals surface area (Å²) in [4.78, 5) is 42.9. The van der Waals surface area contributed by atoms with Gasteiger partial charge in [0.05, 0.1) is 17.8 Å². The van der Waals surface area contributed by atoms with Gasteiger partial charge in [0, 0.05) is 39.2 Å². The third-order valence-electron chi connectivity index (χ3n) is 5.33. The van der Waals surface area contributed by atoms with E-state index in [9.17, 15) is 14.4 Å². The summed E-state index contributed by atoms with van der Waals surface area (Å²) in [5.74, 6) is -0.135. The van der Waals surface area contributed by atoms with Gasteiger partial charge in [-0.15, -0.1) is 0 Å². The molecule has 0 radical (unpaired) electrons. The number of ketones is 1. The van der Waals surface area contributed by atoms with Gasteiger partial charge in [0.2, 0.25) is 0 Å². The number of ether oxygens (including phenoxy) is 1. The zero-order valence-corrected chi connectivity index (χ0v) is 15.3. The third kappa shape index (κ3) is 3.03. The molecule has 1 aromatic heterocycles. The van der Waals surface area contributed by atoms with Crippen LogP contribution in [0.1, 0.15) is 58.3 Å². The van der Waals surface area contributed by atoms with Crippen LogP contribution in [-0.4, -0.2) is 64.9 Å². The first kappa shape index (κ1) is 17.5. The van der Waals surface area contributed by atoms with Crippen molar-refractivity contribution >= 4 is 17.8 Å². The van der Waals surface area contributed by atoms with Crippen molar-refractivity contribution in [2.24, 2.45) is 0 Å². The van der Waals surface area contributed by atoms with Crippen LogP contribution in [0.25, 0.3) is 0 Å². The number of aryl methyl sites for hydroxylation is 1. The van der Waals surface area contributed by atoms with E-state index in [0.29, 0.717) is 42.9 Å². The molecule has 2 fully saturated rings. The molecule has 7 heteroatoms. The second-order valence-electron chi connectivity index (χ2n) is 7.23. The van der Waals surface area contributed by atoms with E-state index < -0.39 is 5.60 Å². The molecule has 0 saturated carbocycles. The van der Waals surface area contributed by atoms with Gasteiger partial charge in [-0.25, -0.2) is 4.79 Å². The average molecular weight is 347 g/mol. The van der Waals surface area contributed by atoms with Crippen molar-refractivity contribution in [3.8, 4) is 0 Å². The van der Waals surface area contributed by atoms with Crippen LogP contribution in [0.4, 0.5) is 4.79 Å². The van der Waals surface area contributed by atoms with Gasteiger partial charge in [0.15, 0.2) is 5.78 Å². The first-order valence-electron chi connectivity index (χ1n) is 8.67. The van der Waals surface area contributed by atoms with Crippen LogP contribution in [0.3, 0.4) is 0 Å². The van der Waals surface area contributed by atoms with Crippen molar-refractivity contribution in [3.63, 3.8) is 0 Å². The highest BCUT2D eigenvalue weighted by molar-refractivity contribution is 6.02. The van der Waals surface area contributed by atoms with Crippen LogP contribution in [0, 0.1) is 13.8 Å². The quantitative estimate of drug-likeness (QED) is 0.832. The number of aromatic amines is 1. The molecular formula is C18H25N3O4. The molecule has 2 aliphatic rings. The van der Waals surface area contributed by atoms with Crippen LogP contribution < -0.4 is 0 Å². The summed E-state index contributed by atoms with van der Waals surface area (Å²) in [5.41, 5.74) is 2.04. The maximum absolute atomic E-state index is 13.0. The molecule has 1 N–H and O–H groups in total. The Balaban J connectivity index is 1.79. The molecule has 1 atom stereocenters. The first-order chi connectivity index (χ1) is 11.7. The summed E-state index contributed by atoms with van der Waals surface area (Å²) in [7, 11) is 1.74. The Morgan fingerprint density at radius 1 is 1.20 bits per heavy atom. The lowest BCUT2D eigenvalue weighted by Gasteiger charge is -2.25. The maximum atomic E-state index is 13.0. The normalized spacial score (nSPS) is 23.8. The smallest absolute Gasteiger partial charge is 0.410 e. The number of carbonyl (C=O) groups is 3. The molecule has 3 rings (SSSR count). The van der Waals surface area contributed by atoms with Gasteiger partial charge in [0.25, 0.3) is 5.91 Å². The van der Waals surface area contributed by atoms with E-state index in [1.54, 1.807) is 18.9 Å². The van der Waals surface area contributed by atoms with E-state index in [1.807, 2.05) is 11.8 Å². The lowest BCUT2D eigenvalue weighted by molar-refractivity contribution is 0.0438. The van der Waals surface area contributed by atoms with Gasteiger partial charge in [0.1, 0.15) is 5.60 Å². The second-order valence-corrected chi connectivity index (χ2v) is 7.23. The number of nitrogens with zero attached hydrogens (tertiary/aromatic N) is 2. The highest BCUT2D eigenvalue weighted by Crippen LogP contribution is 2.33. The Bertz CT molecular complexity index is 739. The second kappa shape index (κ2) is 6.20. The average Bonchev–Trinajstić information content (AvgIpc) is 2.88. The molecule has 1 spiro atoms. The predicted octanol–water partition coefficient (Wildman–Crippen LogP) is 2.28. The van der Waals surface area contributed by atoms with Crippen molar-refractivity contribution < 1.29 is 19.1 Å². The largest absolute Gasteiger partial charge is 0.441 e. The van der Waals surface area contributed by atoms with E-state index in [0.717, 1.165) is 18.5 Å². The van der Waals surface area contributed by atoms with Crippen LogP contribution in [0.2, 0.25) is 0 Å². The zero-order valence-electron chi connectivity index (χ0n) is 15.3. The number of nitrogens with one attached hydrogen (secondary N) is 1. The number of amides is 2. The Morgan fingerprint density at radius 2 is 1.92 bits per heavy atom. The van der Waals surface area contributed by atoms with E-state index in [2.05, 4.69) is 4.98 Å². The molecule has 2 saturated heterocycles. The standard InChI is InChI=1S/C18H25N3O4/c1-11-14(12(2)19-15(11)13(3)22)16(23)21-8-5-6-18(7-9-21)10-20(4)17(24)25-18/h19H,5-10H2,1-4H3/t18-/m0/s1. The van der Waals surface area contributed by atoms with E-state index in [-0.39, 0.29) is 17.8 Å². The monoisotopic (exact) mass is 347 g/mol. The number of Topliss-reactive ketones (excluding diaryl/α,β-unsaturated/α-hetero) is 1. The summed E-state index contributed by atoms with van der Waals surface area (Å²) in [5, 5.41) is 0. The topological polar surface area (TPSA) is 82.7 Å². The fourth-order valence-corrected chi connectivity index (χ4v) is 4.00. The summed E-state index contributed by atoms with van der Waals surface area (Å²) in [6.07, 6.45) is 1.89. The number of rotatable bonds is 2. The Morgan fingerprint density at radius 3 is 2.48 bits per heavy atom. The van der Waals surface area contributed by atoms with Gasteiger partial charge in [-0.3, -0.25) is 9.59 Å². The van der Waals surface area contributed by atoms with Crippen molar-refractivity contribution in [1.82, 2.24) is 14.8 Å². The minimum atomic E-state index is -0.479. The molecule has 2 aliphatic heterocycles. The third-order valence-corrected chi connectivity index (χ3v) is 5.33. The van der Waals surface area contributed by atoms with Crippen LogP contribution in [-0.2, 0) is 4.74 Å². The fraction of sp³-hybridized carbons (Fsp3) is 0.611. The minimum absolute atomic E-state index is 0.0616. The molecule has 25 heavy (non-hydrogen) atoms. The number of likely N-dealkylation sites (N-methyl/N-ethyl adjacent to an activating group) is 1. The van der Waals surface area contributed by atoms with Gasteiger partial charge in [-0.2, -0.15) is 0 Å². The first-order valence-corrected chi connectivity index (χ1v) is 8.67. The number of H-pyrrole nitrogens is 1. The molecule has 7 nitrogen and oxygen atoms in total. The molecule has 2 amide bonds. The van der Waals surface area contributed by atoms with Gasteiger partial charge in [-0.1, -0.05) is 0 Å².